The number of carboxylic acid groups (broad SMARTS) is 1. The second-order valence-electron chi connectivity index (χ2n) is 4.12. The number of carbonyl (C=O) groups is 2. The molecule has 1 aromatic carbocycles. The highest BCUT2D eigenvalue weighted by Crippen LogP contribution is 2.12. The molecule has 1 atom stereocenters. The van der Waals surface area contributed by atoms with Gasteiger partial charge >= 0.3 is 5.97 Å². The van der Waals surface area contributed by atoms with E-state index in [-0.39, 0.29) is 18.7 Å². The highest BCUT2D eigenvalue weighted by Gasteiger charge is 2.12. The van der Waals surface area contributed by atoms with Crippen LogP contribution in [-0.2, 0) is 9.59 Å². The van der Waals surface area contributed by atoms with Gasteiger partial charge in [0.2, 0.25) is 5.91 Å². The monoisotopic (exact) mass is 294 g/mol. The number of nitro benzene ring substituents is 1. The van der Waals surface area contributed by atoms with Gasteiger partial charge in [0.05, 0.1) is 4.92 Å². The van der Waals surface area contributed by atoms with E-state index in [9.17, 15) is 19.7 Å². The molecule has 0 radical (unpaired) electrons. The number of benzene rings is 1. The number of hydrogen-bond donors (Lipinski definition) is 3. The number of nitrogens with one attached hydrogen (secondary N) is 1. The number of carboxylic acids is 1. The van der Waals surface area contributed by atoms with E-state index in [1.165, 1.54) is 36.4 Å². The molecule has 0 fully saturated rings. The first-order valence-corrected chi connectivity index (χ1v) is 6.01. The number of aliphatic carboxylic acids is 1. The molecule has 21 heavy (non-hydrogen) atoms. The molecule has 0 aliphatic rings. The molecule has 0 heterocycles. The fourth-order valence-corrected chi connectivity index (χ4v) is 1.39. The fraction of sp³-hybridized carbons (Fsp3) is 0.231. The van der Waals surface area contributed by atoms with E-state index in [4.69, 9.17) is 10.2 Å². The summed E-state index contributed by atoms with van der Waals surface area (Å²) in [6.45, 7) is 0.0247. The van der Waals surface area contributed by atoms with Crippen LogP contribution in [-0.4, -0.2) is 39.7 Å². The molecule has 0 saturated heterocycles. The van der Waals surface area contributed by atoms with Crippen LogP contribution in [0, 0.1) is 10.1 Å². The highest BCUT2D eigenvalue weighted by atomic mass is 16.6. The van der Waals surface area contributed by atoms with Crippen molar-refractivity contribution in [3.8, 4) is 0 Å². The Labute approximate surface area is 119 Å². The van der Waals surface area contributed by atoms with E-state index in [2.05, 4.69) is 5.32 Å². The van der Waals surface area contributed by atoms with Crippen molar-refractivity contribution in [1.29, 1.82) is 0 Å². The van der Waals surface area contributed by atoms with Crippen molar-refractivity contribution >= 4 is 23.6 Å². The third-order valence-corrected chi connectivity index (χ3v) is 2.53. The number of nitrogens with zero attached hydrogens (tertiary/aromatic N) is 1. The average molecular weight is 294 g/mol. The lowest BCUT2D eigenvalue weighted by Gasteiger charge is -2.05. The Balaban J connectivity index is 2.43. The first-order valence-electron chi connectivity index (χ1n) is 6.01. The summed E-state index contributed by atoms with van der Waals surface area (Å²) in [6.07, 6.45) is 1.08. The minimum absolute atomic E-state index is 0.0247. The molecule has 0 saturated carbocycles. The number of non-ortho nitro benzene ring substituents is 1. The molecule has 112 valence electrons. The number of aliphatic hydroxyl groups is 1. The summed E-state index contributed by atoms with van der Waals surface area (Å²) in [7, 11) is 0. The lowest BCUT2D eigenvalue weighted by molar-refractivity contribution is -0.384. The summed E-state index contributed by atoms with van der Waals surface area (Å²) in [5.74, 6) is -1.79. The van der Waals surface area contributed by atoms with Crippen molar-refractivity contribution < 1.29 is 24.7 Å². The Kier molecular flexibility index (Phi) is 6.02. The minimum Gasteiger partial charge on any atom is -0.479 e. The molecule has 0 aliphatic carbocycles. The van der Waals surface area contributed by atoms with E-state index < -0.39 is 22.9 Å². The zero-order valence-electron chi connectivity index (χ0n) is 10.9. The third-order valence-electron chi connectivity index (χ3n) is 2.53. The smallest absolute Gasteiger partial charge is 0.332 e. The number of amides is 1. The van der Waals surface area contributed by atoms with Crippen LogP contribution < -0.4 is 5.32 Å². The summed E-state index contributed by atoms with van der Waals surface area (Å²) in [5.41, 5.74) is 0.570. The zero-order chi connectivity index (χ0) is 15.8. The highest BCUT2D eigenvalue weighted by molar-refractivity contribution is 5.91. The van der Waals surface area contributed by atoms with Crippen LogP contribution in [0.5, 0.6) is 0 Å². The third kappa shape index (κ3) is 5.83. The van der Waals surface area contributed by atoms with Crippen LogP contribution >= 0.6 is 0 Å². The van der Waals surface area contributed by atoms with Crippen LogP contribution in [0.4, 0.5) is 5.69 Å². The molecule has 0 bridgehead atoms. The van der Waals surface area contributed by atoms with Gasteiger partial charge in [-0.05, 0) is 23.8 Å². The Morgan fingerprint density at radius 2 is 1.95 bits per heavy atom. The maximum atomic E-state index is 11.4. The zero-order valence-corrected chi connectivity index (χ0v) is 10.9. The number of aliphatic hydroxyl groups excluding tert-OH is 1. The minimum atomic E-state index is -1.51. The Hall–Kier alpha value is -2.74. The van der Waals surface area contributed by atoms with E-state index in [1.807, 2.05) is 0 Å². The molecule has 8 nitrogen and oxygen atoms in total. The van der Waals surface area contributed by atoms with E-state index in [0.717, 1.165) is 0 Å². The molecule has 3 N–H and O–H groups in total. The Bertz CT molecular complexity index is 552. The van der Waals surface area contributed by atoms with Gasteiger partial charge in [-0.3, -0.25) is 14.9 Å². The van der Waals surface area contributed by atoms with Gasteiger partial charge in [0, 0.05) is 31.2 Å². The predicted octanol–water partition coefficient (Wildman–Crippen LogP) is 0.560. The molecule has 1 rings (SSSR count). The van der Waals surface area contributed by atoms with E-state index in [0.29, 0.717) is 5.56 Å². The molecule has 0 aliphatic heterocycles. The van der Waals surface area contributed by atoms with Gasteiger partial charge in [-0.25, -0.2) is 4.79 Å². The van der Waals surface area contributed by atoms with Crippen molar-refractivity contribution in [2.75, 3.05) is 6.54 Å². The van der Waals surface area contributed by atoms with Crippen molar-refractivity contribution in [3.63, 3.8) is 0 Å². The standard InChI is InChI=1S/C13H14N2O6/c16-11(13(18)19)7-8-14-12(17)6-3-9-1-4-10(5-2-9)15(20)21/h1-6,11,16H,7-8H2,(H,14,17)(H,18,19)/b6-3+. The van der Waals surface area contributed by atoms with Gasteiger partial charge in [0.25, 0.3) is 5.69 Å². The van der Waals surface area contributed by atoms with Gasteiger partial charge < -0.3 is 15.5 Å². The first kappa shape index (κ1) is 16.3. The van der Waals surface area contributed by atoms with Crippen molar-refractivity contribution in [2.24, 2.45) is 0 Å². The molecule has 1 unspecified atom stereocenters. The van der Waals surface area contributed by atoms with Crippen LogP contribution in [0.15, 0.2) is 30.3 Å². The summed E-state index contributed by atoms with van der Waals surface area (Å²) in [4.78, 5) is 31.7. The van der Waals surface area contributed by atoms with Gasteiger partial charge in [-0.15, -0.1) is 0 Å². The van der Waals surface area contributed by atoms with Gasteiger partial charge in [-0.1, -0.05) is 0 Å². The topological polar surface area (TPSA) is 130 Å². The molecular weight excluding hydrogens is 280 g/mol. The van der Waals surface area contributed by atoms with E-state index in [1.54, 1.807) is 0 Å². The van der Waals surface area contributed by atoms with Crippen LogP contribution in [0.25, 0.3) is 6.08 Å². The Morgan fingerprint density at radius 3 is 2.48 bits per heavy atom. The maximum absolute atomic E-state index is 11.4. The van der Waals surface area contributed by atoms with Crippen molar-refractivity contribution in [2.45, 2.75) is 12.5 Å². The SMILES string of the molecule is O=C(/C=C/c1ccc([N+](=O)[O-])cc1)NCCC(O)C(=O)O. The normalized spacial score (nSPS) is 12.0. The fourth-order valence-electron chi connectivity index (χ4n) is 1.39. The summed E-state index contributed by atoms with van der Waals surface area (Å²) >= 11 is 0. The van der Waals surface area contributed by atoms with Crippen LogP contribution in [0.3, 0.4) is 0 Å². The summed E-state index contributed by atoms with van der Waals surface area (Å²) in [5, 5.41) is 30.3. The van der Waals surface area contributed by atoms with Crippen molar-refractivity contribution in [1.82, 2.24) is 5.32 Å². The average Bonchev–Trinajstić information content (AvgIpc) is 2.45. The number of rotatable bonds is 7. The number of hydrogen-bond acceptors (Lipinski definition) is 5. The molecule has 1 amide bonds. The maximum Gasteiger partial charge on any atom is 0.332 e. The number of carbonyl (C=O) groups excluding carboxylic acids is 1. The van der Waals surface area contributed by atoms with Gasteiger partial charge in [-0.2, -0.15) is 0 Å². The molecule has 0 spiro atoms. The van der Waals surface area contributed by atoms with Crippen LogP contribution in [0.1, 0.15) is 12.0 Å². The lowest BCUT2D eigenvalue weighted by Crippen LogP contribution is -2.28. The van der Waals surface area contributed by atoms with E-state index >= 15 is 0 Å². The quantitative estimate of drug-likeness (QED) is 0.382. The summed E-state index contributed by atoms with van der Waals surface area (Å²) in [6, 6.07) is 5.63. The first-order chi connectivity index (χ1) is 9.90. The van der Waals surface area contributed by atoms with Gasteiger partial charge in [0.15, 0.2) is 6.10 Å². The summed E-state index contributed by atoms with van der Waals surface area (Å²) < 4.78 is 0. The second-order valence-corrected chi connectivity index (χ2v) is 4.12. The predicted molar refractivity (Wildman–Crippen MR) is 73.4 cm³/mol. The van der Waals surface area contributed by atoms with Crippen LogP contribution in [0.2, 0.25) is 0 Å². The Morgan fingerprint density at radius 1 is 1.33 bits per heavy atom. The van der Waals surface area contributed by atoms with Gasteiger partial charge in [0.1, 0.15) is 0 Å². The molecule has 1 aromatic rings. The second kappa shape index (κ2) is 7.75. The van der Waals surface area contributed by atoms with Crippen molar-refractivity contribution in [3.05, 3.63) is 46.0 Å². The molecular formula is C13H14N2O6. The molecule has 8 heteroatoms. The molecule has 0 aromatic heterocycles. The lowest BCUT2D eigenvalue weighted by atomic mass is 10.2. The largest absolute Gasteiger partial charge is 0.479 e. The number of nitro groups is 1.